The highest BCUT2D eigenvalue weighted by molar-refractivity contribution is 5.22. The lowest BCUT2D eigenvalue weighted by Gasteiger charge is -2.33. The highest BCUT2D eigenvalue weighted by atomic mass is 16.6. The largest absolute Gasteiger partial charge is 0.371 e. The van der Waals surface area contributed by atoms with Crippen molar-refractivity contribution in [3.8, 4) is 0 Å². The first-order valence-corrected chi connectivity index (χ1v) is 4.93. The van der Waals surface area contributed by atoms with E-state index in [4.69, 9.17) is 9.84 Å². The van der Waals surface area contributed by atoms with Gasteiger partial charge in [0, 0.05) is 19.0 Å². The average Bonchev–Trinajstić information content (AvgIpc) is 2.62. The Hall–Kier alpha value is -0.380. The van der Waals surface area contributed by atoms with E-state index in [0.717, 1.165) is 31.3 Å². The minimum atomic E-state index is -0.167. The maximum absolute atomic E-state index is 8.88. The van der Waals surface area contributed by atoms with Gasteiger partial charge in [-0.3, -0.25) is 4.90 Å². The van der Waals surface area contributed by atoms with E-state index in [1.165, 1.54) is 12.0 Å². The third-order valence-electron chi connectivity index (χ3n) is 3.64. The van der Waals surface area contributed by atoms with Crippen LogP contribution in [0.1, 0.15) is 19.3 Å². The first kappa shape index (κ1) is 7.97. The Kier molecular flexibility index (Phi) is 1.44. The van der Waals surface area contributed by atoms with Gasteiger partial charge >= 0.3 is 0 Å². The van der Waals surface area contributed by atoms with E-state index in [-0.39, 0.29) is 12.5 Å². The summed E-state index contributed by atoms with van der Waals surface area (Å²) >= 11 is 0. The van der Waals surface area contributed by atoms with Gasteiger partial charge in [0.15, 0.2) is 0 Å². The molecule has 2 saturated heterocycles. The highest BCUT2D eigenvalue weighted by Crippen LogP contribution is 2.57. The molecule has 0 spiro atoms. The quantitative estimate of drug-likeness (QED) is 0.503. The zero-order valence-corrected chi connectivity index (χ0v) is 7.70. The molecule has 1 N–H and O–H groups in total. The number of fused-ring (bicyclic) bond motifs is 3. The Morgan fingerprint density at radius 2 is 2.54 bits per heavy atom. The lowest BCUT2D eigenvalue weighted by molar-refractivity contribution is -0.173. The Balaban J connectivity index is 1.87. The second-order valence-corrected chi connectivity index (χ2v) is 4.54. The summed E-state index contributed by atoms with van der Waals surface area (Å²) in [5.74, 6) is 0.833. The van der Waals surface area contributed by atoms with Gasteiger partial charge < -0.3 is 9.84 Å². The average molecular weight is 181 g/mol. The molecule has 3 rings (SSSR count). The molecule has 3 aliphatic rings. The van der Waals surface area contributed by atoms with Crippen molar-refractivity contribution in [3.05, 3.63) is 12.2 Å². The Labute approximate surface area is 78.0 Å². The highest BCUT2D eigenvalue weighted by Gasteiger charge is 2.62. The van der Waals surface area contributed by atoms with Crippen LogP contribution in [0.5, 0.6) is 0 Å². The standard InChI is InChI=1S/C10H15NO2/c1-7-3-10(13-6-12)4-8-2-9(8)11(10)5-7/h8-9,12H,1-6H2/t8-,9-,10?/m0/s1. The Bertz CT molecular complexity index is 266. The number of piperidine rings is 1. The normalized spacial score (nSPS) is 47.9. The van der Waals surface area contributed by atoms with Crippen molar-refractivity contribution in [3.63, 3.8) is 0 Å². The lowest BCUT2D eigenvalue weighted by atomic mass is 10.0. The molecule has 1 unspecified atom stereocenters. The second-order valence-electron chi connectivity index (χ2n) is 4.54. The first-order chi connectivity index (χ1) is 6.25. The van der Waals surface area contributed by atoms with Crippen LogP contribution in [-0.2, 0) is 4.74 Å². The van der Waals surface area contributed by atoms with Crippen LogP contribution < -0.4 is 0 Å². The van der Waals surface area contributed by atoms with Gasteiger partial charge in [-0.25, -0.2) is 0 Å². The smallest absolute Gasteiger partial charge is 0.145 e. The van der Waals surface area contributed by atoms with Crippen molar-refractivity contribution in [1.29, 1.82) is 0 Å². The minimum Gasteiger partial charge on any atom is -0.371 e. The number of hydrogen-bond acceptors (Lipinski definition) is 3. The third-order valence-corrected chi connectivity index (χ3v) is 3.64. The van der Waals surface area contributed by atoms with Crippen molar-refractivity contribution in [1.82, 2.24) is 4.90 Å². The number of ether oxygens (including phenoxy) is 1. The summed E-state index contributed by atoms with van der Waals surface area (Å²) in [4.78, 5) is 2.40. The first-order valence-electron chi connectivity index (χ1n) is 4.93. The van der Waals surface area contributed by atoms with E-state index in [9.17, 15) is 0 Å². The molecule has 13 heavy (non-hydrogen) atoms. The third kappa shape index (κ3) is 0.951. The zero-order chi connectivity index (χ0) is 9.05. The lowest BCUT2D eigenvalue weighted by Crippen LogP contribution is -2.43. The van der Waals surface area contributed by atoms with Gasteiger partial charge in [0.1, 0.15) is 12.5 Å². The summed E-state index contributed by atoms with van der Waals surface area (Å²) in [5, 5.41) is 8.88. The molecular weight excluding hydrogens is 166 g/mol. The van der Waals surface area contributed by atoms with Crippen molar-refractivity contribution < 1.29 is 9.84 Å². The monoisotopic (exact) mass is 181 g/mol. The van der Waals surface area contributed by atoms with E-state index in [2.05, 4.69) is 11.5 Å². The van der Waals surface area contributed by atoms with E-state index in [0.29, 0.717) is 0 Å². The van der Waals surface area contributed by atoms with E-state index in [1.807, 2.05) is 0 Å². The van der Waals surface area contributed by atoms with Gasteiger partial charge in [-0.2, -0.15) is 0 Å². The molecule has 2 heterocycles. The number of aliphatic hydroxyl groups excluding tert-OH is 1. The van der Waals surface area contributed by atoms with Crippen LogP contribution in [0.3, 0.4) is 0 Å². The number of hydrogen-bond donors (Lipinski definition) is 1. The van der Waals surface area contributed by atoms with Crippen LogP contribution in [0.2, 0.25) is 0 Å². The summed E-state index contributed by atoms with van der Waals surface area (Å²) in [6, 6.07) is 0.728. The van der Waals surface area contributed by atoms with E-state index < -0.39 is 0 Å². The predicted molar refractivity (Wildman–Crippen MR) is 47.9 cm³/mol. The number of nitrogens with zero attached hydrogens (tertiary/aromatic N) is 1. The molecule has 3 fully saturated rings. The zero-order valence-electron chi connectivity index (χ0n) is 7.70. The maximum Gasteiger partial charge on any atom is 0.145 e. The molecule has 1 saturated carbocycles. The van der Waals surface area contributed by atoms with Crippen molar-refractivity contribution in [2.24, 2.45) is 5.92 Å². The summed E-state index contributed by atoms with van der Waals surface area (Å²) in [6.45, 7) is 4.82. The molecule has 0 bridgehead atoms. The molecule has 72 valence electrons. The summed E-state index contributed by atoms with van der Waals surface area (Å²) in [5.41, 5.74) is 1.08. The van der Waals surface area contributed by atoms with E-state index >= 15 is 0 Å². The Morgan fingerprint density at radius 1 is 1.69 bits per heavy atom. The SMILES string of the molecule is C=C1CN2[C@H]3C[C@H]3CC2(OCO)C1. The van der Waals surface area contributed by atoms with Crippen LogP contribution in [0, 0.1) is 5.92 Å². The predicted octanol–water partition coefficient (Wildman–Crippen LogP) is 0.703. The molecule has 0 radical (unpaired) electrons. The molecule has 3 nitrogen and oxygen atoms in total. The molecule has 0 amide bonds. The van der Waals surface area contributed by atoms with Crippen molar-refractivity contribution >= 4 is 0 Å². The van der Waals surface area contributed by atoms with Gasteiger partial charge in [-0.05, 0) is 18.8 Å². The van der Waals surface area contributed by atoms with E-state index in [1.54, 1.807) is 0 Å². The van der Waals surface area contributed by atoms with Crippen molar-refractivity contribution in [2.75, 3.05) is 13.3 Å². The van der Waals surface area contributed by atoms with Crippen LogP contribution in [-0.4, -0.2) is 35.1 Å². The van der Waals surface area contributed by atoms with Gasteiger partial charge in [-0.1, -0.05) is 12.2 Å². The van der Waals surface area contributed by atoms with Gasteiger partial charge in [0.2, 0.25) is 0 Å². The van der Waals surface area contributed by atoms with Gasteiger partial charge in [-0.15, -0.1) is 0 Å². The molecule has 1 aliphatic carbocycles. The molecule has 0 aromatic rings. The van der Waals surface area contributed by atoms with Crippen molar-refractivity contribution in [2.45, 2.75) is 31.0 Å². The van der Waals surface area contributed by atoms with Gasteiger partial charge in [0.05, 0.1) is 0 Å². The molecule has 3 heteroatoms. The summed E-state index contributed by atoms with van der Waals surface area (Å²) < 4.78 is 5.51. The maximum atomic E-state index is 8.88. The summed E-state index contributed by atoms with van der Waals surface area (Å²) in [6.07, 6.45) is 3.33. The second kappa shape index (κ2) is 2.35. The topological polar surface area (TPSA) is 32.7 Å². The Morgan fingerprint density at radius 3 is 3.31 bits per heavy atom. The summed E-state index contributed by atoms with van der Waals surface area (Å²) in [7, 11) is 0. The molecular formula is C10H15NO2. The van der Waals surface area contributed by atoms with Gasteiger partial charge in [0.25, 0.3) is 0 Å². The fraction of sp³-hybridized carbons (Fsp3) is 0.800. The molecule has 0 aromatic carbocycles. The number of aliphatic hydroxyl groups is 1. The fourth-order valence-corrected chi connectivity index (χ4v) is 3.10. The van der Waals surface area contributed by atoms with Crippen LogP contribution in [0.4, 0.5) is 0 Å². The van der Waals surface area contributed by atoms with Crippen LogP contribution in [0.15, 0.2) is 12.2 Å². The molecule has 0 aromatic heterocycles. The molecule has 3 atom stereocenters. The minimum absolute atomic E-state index is 0.163. The fourth-order valence-electron chi connectivity index (χ4n) is 3.10. The van der Waals surface area contributed by atoms with Crippen LogP contribution in [0.25, 0.3) is 0 Å². The molecule has 2 aliphatic heterocycles. The van der Waals surface area contributed by atoms with Crippen LogP contribution >= 0.6 is 0 Å². The number of rotatable bonds is 2.